The number of furan rings is 2. The Morgan fingerprint density at radius 1 is 0.375 bits per heavy atom. The zero-order valence-electron chi connectivity index (χ0n) is 21.5. The molecule has 2 heteroatoms. The first kappa shape index (κ1) is 21.6. The summed E-state index contributed by atoms with van der Waals surface area (Å²) in [5, 5.41) is 10.6. The predicted molar refractivity (Wildman–Crippen MR) is 167 cm³/mol. The summed E-state index contributed by atoms with van der Waals surface area (Å²) in [5.74, 6) is 0. The van der Waals surface area contributed by atoms with E-state index in [1.807, 2.05) is 6.07 Å². The third-order valence-corrected chi connectivity index (χ3v) is 8.34. The third-order valence-electron chi connectivity index (χ3n) is 8.34. The molecule has 9 rings (SSSR count). The molecule has 40 heavy (non-hydrogen) atoms. The van der Waals surface area contributed by atoms with Gasteiger partial charge in [-0.25, -0.2) is 0 Å². The fraction of sp³-hybridized carbons (Fsp3) is 0. The van der Waals surface area contributed by atoms with Gasteiger partial charge in [0, 0.05) is 21.9 Å². The van der Waals surface area contributed by atoms with Gasteiger partial charge in [-0.15, -0.1) is 0 Å². The normalized spacial score (nSPS) is 12.0. The molecule has 2 aromatic heterocycles. The van der Waals surface area contributed by atoms with Crippen molar-refractivity contribution in [3.8, 4) is 22.3 Å². The topological polar surface area (TPSA) is 26.3 Å². The molecule has 0 aliphatic carbocycles. The van der Waals surface area contributed by atoms with Crippen LogP contribution in [0.25, 0.3) is 87.5 Å². The van der Waals surface area contributed by atoms with Gasteiger partial charge in [-0.1, -0.05) is 109 Å². The molecule has 2 heterocycles. The second-order valence-corrected chi connectivity index (χ2v) is 10.4. The van der Waals surface area contributed by atoms with E-state index in [0.717, 1.165) is 38.5 Å². The minimum Gasteiger partial charge on any atom is -0.464 e. The average Bonchev–Trinajstić information content (AvgIpc) is 3.64. The van der Waals surface area contributed by atoms with Gasteiger partial charge in [0.2, 0.25) is 0 Å². The lowest BCUT2D eigenvalue weighted by Crippen LogP contribution is -1.91. The average molecular weight is 511 g/mol. The molecule has 0 radical (unpaired) electrons. The summed E-state index contributed by atoms with van der Waals surface area (Å²) < 4.78 is 12.5. The fourth-order valence-corrected chi connectivity index (χ4v) is 6.66. The smallest absolute Gasteiger partial charge is 0.145 e. The van der Waals surface area contributed by atoms with Crippen molar-refractivity contribution in [2.75, 3.05) is 0 Å². The highest BCUT2D eigenvalue weighted by molar-refractivity contribution is 6.26. The maximum Gasteiger partial charge on any atom is 0.145 e. The summed E-state index contributed by atoms with van der Waals surface area (Å²) in [6.45, 7) is 0. The van der Waals surface area contributed by atoms with Crippen molar-refractivity contribution in [1.29, 1.82) is 0 Å². The summed E-state index contributed by atoms with van der Waals surface area (Å²) >= 11 is 0. The van der Waals surface area contributed by atoms with E-state index < -0.39 is 0 Å². The van der Waals surface area contributed by atoms with E-state index in [1.165, 1.54) is 49.0 Å². The first-order valence-corrected chi connectivity index (χ1v) is 13.6. The van der Waals surface area contributed by atoms with Gasteiger partial charge >= 0.3 is 0 Å². The van der Waals surface area contributed by atoms with Crippen LogP contribution in [0.3, 0.4) is 0 Å². The Morgan fingerprint density at radius 2 is 0.950 bits per heavy atom. The van der Waals surface area contributed by atoms with Crippen LogP contribution >= 0.6 is 0 Å². The lowest BCUT2D eigenvalue weighted by Gasteiger charge is -2.18. The molecule has 0 aliphatic heterocycles. The molecule has 0 aliphatic rings. The molecule has 0 saturated carbocycles. The van der Waals surface area contributed by atoms with Gasteiger partial charge in [0.25, 0.3) is 0 Å². The molecule has 0 amide bonds. The largest absolute Gasteiger partial charge is 0.464 e. The molecule has 0 N–H and O–H groups in total. The van der Waals surface area contributed by atoms with Gasteiger partial charge in [-0.2, -0.15) is 0 Å². The van der Waals surface area contributed by atoms with Crippen LogP contribution in [0.15, 0.2) is 142 Å². The van der Waals surface area contributed by atoms with E-state index in [9.17, 15) is 0 Å². The minimum absolute atomic E-state index is 0.839. The van der Waals surface area contributed by atoms with Gasteiger partial charge in [0.05, 0.1) is 11.6 Å². The van der Waals surface area contributed by atoms with Gasteiger partial charge in [0.1, 0.15) is 16.7 Å². The summed E-state index contributed by atoms with van der Waals surface area (Å²) in [6.07, 6.45) is 1.75. The highest BCUT2D eigenvalue weighted by Crippen LogP contribution is 2.48. The van der Waals surface area contributed by atoms with Crippen molar-refractivity contribution in [1.82, 2.24) is 0 Å². The maximum atomic E-state index is 6.63. The van der Waals surface area contributed by atoms with Crippen molar-refractivity contribution < 1.29 is 8.83 Å². The predicted octanol–water partition coefficient (Wildman–Crippen LogP) is 11.1. The van der Waals surface area contributed by atoms with Gasteiger partial charge in [0.15, 0.2) is 0 Å². The van der Waals surface area contributed by atoms with Crippen molar-refractivity contribution in [2.24, 2.45) is 0 Å². The van der Waals surface area contributed by atoms with Crippen LogP contribution in [0.2, 0.25) is 0 Å². The zero-order chi connectivity index (χ0) is 26.2. The summed E-state index contributed by atoms with van der Waals surface area (Å²) in [5.41, 5.74) is 7.38. The van der Waals surface area contributed by atoms with Crippen LogP contribution in [0.4, 0.5) is 0 Å². The lowest BCUT2D eigenvalue weighted by atomic mass is 9.84. The van der Waals surface area contributed by atoms with Crippen LogP contribution in [-0.4, -0.2) is 0 Å². The summed E-state index contributed by atoms with van der Waals surface area (Å²) in [7, 11) is 0. The Hall–Kier alpha value is -5.34. The van der Waals surface area contributed by atoms with Crippen LogP contribution in [0, 0.1) is 0 Å². The highest BCUT2D eigenvalue weighted by Gasteiger charge is 2.21. The molecule has 9 aromatic rings. The molecular formula is C38H22O2. The minimum atomic E-state index is 0.839. The lowest BCUT2D eigenvalue weighted by molar-refractivity contribution is 0.618. The number of rotatable bonds is 2. The van der Waals surface area contributed by atoms with Crippen molar-refractivity contribution in [3.63, 3.8) is 0 Å². The Labute approximate surface area is 229 Å². The summed E-state index contributed by atoms with van der Waals surface area (Å²) in [4.78, 5) is 0. The first-order valence-electron chi connectivity index (χ1n) is 13.6. The molecule has 0 unspecified atom stereocenters. The van der Waals surface area contributed by atoms with E-state index >= 15 is 0 Å². The van der Waals surface area contributed by atoms with Crippen molar-refractivity contribution in [3.05, 3.63) is 134 Å². The van der Waals surface area contributed by atoms with Crippen molar-refractivity contribution >= 4 is 65.2 Å². The maximum absolute atomic E-state index is 6.63. The quantitative estimate of drug-likeness (QED) is 0.216. The van der Waals surface area contributed by atoms with Crippen LogP contribution in [0.5, 0.6) is 0 Å². The second kappa shape index (κ2) is 8.08. The molecular weight excluding hydrogens is 488 g/mol. The Bertz CT molecular complexity index is 2370. The number of hydrogen-bond donors (Lipinski definition) is 0. The van der Waals surface area contributed by atoms with Gasteiger partial charge in [-0.3, -0.25) is 0 Å². The van der Waals surface area contributed by atoms with E-state index in [-0.39, 0.29) is 0 Å². The molecule has 2 nitrogen and oxygen atoms in total. The van der Waals surface area contributed by atoms with Gasteiger partial charge < -0.3 is 8.83 Å². The van der Waals surface area contributed by atoms with Crippen molar-refractivity contribution in [2.45, 2.75) is 0 Å². The Balaban J connectivity index is 1.46. The van der Waals surface area contributed by atoms with E-state index in [4.69, 9.17) is 8.83 Å². The second-order valence-electron chi connectivity index (χ2n) is 10.4. The van der Waals surface area contributed by atoms with Gasteiger partial charge in [-0.05, 0) is 61.6 Å². The van der Waals surface area contributed by atoms with Crippen LogP contribution in [0.1, 0.15) is 0 Å². The SMILES string of the molecule is c1ccc2c(-c3c4ccccc4c(-c4cccc5c4oc4ccc6ccoc6c45)c4ccccc34)cccc2c1. The number of hydrogen-bond acceptors (Lipinski definition) is 2. The fourth-order valence-electron chi connectivity index (χ4n) is 6.66. The Morgan fingerprint density at radius 3 is 1.70 bits per heavy atom. The first-order chi connectivity index (χ1) is 19.9. The van der Waals surface area contributed by atoms with Crippen LogP contribution < -0.4 is 0 Å². The molecule has 0 atom stereocenters. The molecule has 0 saturated heterocycles. The third kappa shape index (κ3) is 2.88. The van der Waals surface area contributed by atoms with Crippen LogP contribution in [-0.2, 0) is 0 Å². The standard InChI is InChI=1S/C38H22O2/c1-2-11-25-23(9-1)10-7-16-26(25)34-27-12-3-5-14-29(27)35(30-15-6-4-13-28(30)34)31-17-8-18-32-36-33(40-38(31)32)20-19-24-21-22-39-37(24)36/h1-22H. The highest BCUT2D eigenvalue weighted by atomic mass is 16.3. The molecule has 0 fully saturated rings. The van der Waals surface area contributed by atoms with E-state index in [2.05, 4.69) is 121 Å². The summed E-state index contributed by atoms with van der Waals surface area (Å²) in [6, 6.07) is 45.4. The molecule has 0 spiro atoms. The number of benzene rings is 7. The van der Waals surface area contributed by atoms with E-state index in [1.54, 1.807) is 6.26 Å². The molecule has 186 valence electrons. The number of fused-ring (bicyclic) bond motifs is 8. The molecule has 7 aromatic carbocycles. The number of para-hydroxylation sites is 1. The van der Waals surface area contributed by atoms with E-state index in [0.29, 0.717) is 0 Å². The molecule has 0 bridgehead atoms. The Kier molecular flexibility index (Phi) is 4.36. The zero-order valence-corrected chi connectivity index (χ0v) is 21.5. The monoisotopic (exact) mass is 510 g/mol.